The smallest absolute Gasteiger partial charge is 0.136 e. The maximum absolute atomic E-state index is 6.71. The number of rotatable bonds is 7. The van der Waals surface area contributed by atoms with Gasteiger partial charge in [-0.25, -0.2) is 0 Å². The van der Waals surface area contributed by atoms with Gasteiger partial charge in [-0.3, -0.25) is 0 Å². The van der Waals surface area contributed by atoms with Crippen molar-refractivity contribution in [3.05, 3.63) is 47.5 Å². The van der Waals surface area contributed by atoms with Gasteiger partial charge >= 0.3 is 0 Å². The number of ether oxygens (including phenoxy) is 4. The third kappa shape index (κ3) is 5.28. The van der Waals surface area contributed by atoms with Gasteiger partial charge in [-0.1, -0.05) is 19.9 Å². The highest BCUT2D eigenvalue weighted by atomic mass is 16.5. The van der Waals surface area contributed by atoms with E-state index in [2.05, 4.69) is 32.9 Å². The fraction of sp³-hybridized carbons (Fsp3) is 0.556. The second-order valence-electron chi connectivity index (χ2n) is 10.2. The molecular formula is C27H38O4. The van der Waals surface area contributed by atoms with Crippen LogP contribution in [0.15, 0.2) is 36.4 Å². The van der Waals surface area contributed by atoms with E-state index in [0.717, 1.165) is 35.0 Å². The van der Waals surface area contributed by atoms with E-state index < -0.39 is 5.60 Å². The Balaban J connectivity index is 2.06. The highest BCUT2D eigenvalue weighted by Crippen LogP contribution is 2.51. The summed E-state index contributed by atoms with van der Waals surface area (Å²) in [6.07, 6.45) is 1.09. The van der Waals surface area contributed by atoms with Crippen LogP contribution in [0.4, 0.5) is 0 Å². The van der Waals surface area contributed by atoms with E-state index in [-0.39, 0.29) is 23.7 Å². The third-order valence-electron chi connectivity index (χ3n) is 5.43. The summed E-state index contributed by atoms with van der Waals surface area (Å²) in [7, 11) is 0. The summed E-state index contributed by atoms with van der Waals surface area (Å²) < 4.78 is 24.8. The van der Waals surface area contributed by atoms with Crippen LogP contribution in [0, 0.1) is 0 Å². The maximum Gasteiger partial charge on any atom is 0.136 e. The molecule has 0 fully saturated rings. The monoisotopic (exact) mass is 426 g/mol. The van der Waals surface area contributed by atoms with Crippen LogP contribution in [0.5, 0.6) is 23.0 Å². The molecule has 4 heteroatoms. The minimum Gasteiger partial charge on any atom is -0.491 e. The van der Waals surface area contributed by atoms with Gasteiger partial charge < -0.3 is 18.9 Å². The summed E-state index contributed by atoms with van der Waals surface area (Å²) in [6.45, 7) is 18.9. The highest BCUT2D eigenvalue weighted by Gasteiger charge is 2.44. The van der Waals surface area contributed by atoms with Gasteiger partial charge in [0.1, 0.15) is 28.6 Å². The Labute approximate surface area is 187 Å². The molecule has 0 radical (unpaired) electrons. The molecule has 0 aromatic heterocycles. The first-order valence-electron chi connectivity index (χ1n) is 11.4. The molecule has 1 aliphatic heterocycles. The molecule has 3 rings (SSSR count). The number of fused-ring (bicyclic) bond motifs is 1. The standard InChI is InChI=1S/C27H38O4/c1-17(2)28-20-11-13-23(24(14-20)30-19(5)6)27(9)16-26(7,8)22-12-10-21(29-18(3)4)15-25(22)31-27/h10-15,17-19H,16H2,1-9H3. The zero-order valence-corrected chi connectivity index (χ0v) is 20.5. The first-order chi connectivity index (χ1) is 14.4. The Morgan fingerprint density at radius 1 is 0.710 bits per heavy atom. The predicted octanol–water partition coefficient (Wildman–Crippen LogP) is 7.02. The van der Waals surface area contributed by atoms with Crippen LogP contribution in [0.3, 0.4) is 0 Å². The fourth-order valence-electron chi connectivity index (χ4n) is 4.50. The molecule has 0 bridgehead atoms. The molecule has 2 aromatic carbocycles. The normalized spacial score (nSPS) is 19.9. The molecule has 0 N–H and O–H groups in total. The molecule has 31 heavy (non-hydrogen) atoms. The molecule has 0 spiro atoms. The van der Waals surface area contributed by atoms with E-state index >= 15 is 0 Å². The van der Waals surface area contributed by atoms with Crippen LogP contribution >= 0.6 is 0 Å². The summed E-state index contributed by atoms with van der Waals surface area (Å²) in [5.41, 5.74) is 1.62. The van der Waals surface area contributed by atoms with Crippen LogP contribution < -0.4 is 18.9 Å². The van der Waals surface area contributed by atoms with Gasteiger partial charge in [0.15, 0.2) is 0 Å². The van der Waals surface area contributed by atoms with Crippen LogP contribution in [-0.4, -0.2) is 18.3 Å². The second-order valence-corrected chi connectivity index (χ2v) is 10.2. The highest BCUT2D eigenvalue weighted by molar-refractivity contribution is 5.51. The zero-order chi connectivity index (χ0) is 23.0. The quantitative estimate of drug-likeness (QED) is 0.476. The van der Waals surface area contributed by atoms with Crippen molar-refractivity contribution in [2.24, 2.45) is 0 Å². The van der Waals surface area contributed by atoms with Crippen molar-refractivity contribution in [2.45, 2.75) is 98.1 Å². The lowest BCUT2D eigenvalue weighted by Gasteiger charge is -2.45. The van der Waals surface area contributed by atoms with Crippen molar-refractivity contribution in [2.75, 3.05) is 0 Å². The number of hydrogen-bond donors (Lipinski definition) is 0. The Hall–Kier alpha value is -2.36. The van der Waals surface area contributed by atoms with Crippen LogP contribution in [0.2, 0.25) is 0 Å². The first-order valence-corrected chi connectivity index (χ1v) is 11.4. The fourth-order valence-corrected chi connectivity index (χ4v) is 4.50. The average Bonchev–Trinajstić information content (AvgIpc) is 2.58. The van der Waals surface area contributed by atoms with E-state index in [9.17, 15) is 0 Å². The molecule has 4 nitrogen and oxygen atoms in total. The van der Waals surface area contributed by atoms with Crippen molar-refractivity contribution in [1.82, 2.24) is 0 Å². The van der Waals surface area contributed by atoms with Crippen molar-refractivity contribution in [3.8, 4) is 23.0 Å². The summed E-state index contributed by atoms with van der Waals surface area (Å²) in [5.74, 6) is 3.31. The summed E-state index contributed by atoms with van der Waals surface area (Å²) in [4.78, 5) is 0. The minimum atomic E-state index is -0.548. The van der Waals surface area contributed by atoms with Crippen molar-refractivity contribution >= 4 is 0 Å². The Morgan fingerprint density at radius 2 is 1.23 bits per heavy atom. The predicted molar refractivity (Wildman–Crippen MR) is 126 cm³/mol. The van der Waals surface area contributed by atoms with Gasteiger partial charge in [0.2, 0.25) is 0 Å². The lowest BCUT2D eigenvalue weighted by Crippen LogP contribution is -2.42. The summed E-state index contributed by atoms with van der Waals surface area (Å²) in [6, 6.07) is 12.3. The Kier molecular flexibility index (Phi) is 6.50. The Bertz CT molecular complexity index is 913. The van der Waals surface area contributed by atoms with E-state index in [4.69, 9.17) is 18.9 Å². The second kappa shape index (κ2) is 8.64. The number of benzene rings is 2. The van der Waals surface area contributed by atoms with E-state index in [1.165, 1.54) is 5.56 Å². The molecule has 1 unspecified atom stereocenters. The molecule has 1 aliphatic rings. The van der Waals surface area contributed by atoms with Crippen molar-refractivity contribution in [1.29, 1.82) is 0 Å². The molecule has 170 valence electrons. The van der Waals surface area contributed by atoms with Crippen LogP contribution in [0.1, 0.15) is 79.9 Å². The molecule has 0 saturated heterocycles. The van der Waals surface area contributed by atoms with E-state index in [1.807, 2.05) is 65.8 Å². The van der Waals surface area contributed by atoms with E-state index in [1.54, 1.807) is 0 Å². The molecule has 0 aliphatic carbocycles. The maximum atomic E-state index is 6.71. The zero-order valence-electron chi connectivity index (χ0n) is 20.5. The van der Waals surface area contributed by atoms with Crippen LogP contribution in [0.25, 0.3) is 0 Å². The van der Waals surface area contributed by atoms with E-state index in [0.29, 0.717) is 0 Å². The Morgan fingerprint density at radius 3 is 1.77 bits per heavy atom. The summed E-state index contributed by atoms with van der Waals surface area (Å²) in [5, 5.41) is 0. The molecule has 2 aromatic rings. The SMILES string of the molecule is CC(C)Oc1ccc2c(c1)OC(C)(c1ccc(OC(C)C)cc1OC(C)C)CC2(C)C. The third-order valence-corrected chi connectivity index (χ3v) is 5.43. The van der Waals surface area contributed by atoms with Gasteiger partial charge in [-0.15, -0.1) is 0 Å². The summed E-state index contributed by atoms with van der Waals surface area (Å²) >= 11 is 0. The van der Waals surface area contributed by atoms with Gasteiger partial charge in [0, 0.05) is 29.7 Å². The lowest BCUT2D eigenvalue weighted by atomic mass is 9.71. The van der Waals surface area contributed by atoms with Crippen LogP contribution in [-0.2, 0) is 11.0 Å². The molecule has 1 atom stereocenters. The molecular weight excluding hydrogens is 388 g/mol. The molecule has 1 heterocycles. The van der Waals surface area contributed by atoms with Gasteiger partial charge in [-0.2, -0.15) is 0 Å². The molecule has 0 saturated carbocycles. The van der Waals surface area contributed by atoms with Gasteiger partial charge in [0.25, 0.3) is 0 Å². The molecule has 0 amide bonds. The number of hydrogen-bond acceptors (Lipinski definition) is 4. The first kappa shape index (κ1) is 23.3. The lowest BCUT2D eigenvalue weighted by molar-refractivity contribution is 0.0285. The minimum absolute atomic E-state index is 0.0478. The van der Waals surface area contributed by atoms with Crippen molar-refractivity contribution < 1.29 is 18.9 Å². The largest absolute Gasteiger partial charge is 0.491 e. The van der Waals surface area contributed by atoms with Crippen molar-refractivity contribution in [3.63, 3.8) is 0 Å². The van der Waals surface area contributed by atoms with Gasteiger partial charge in [0.05, 0.1) is 18.3 Å². The van der Waals surface area contributed by atoms with Gasteiger partial charge in [-0.05, 0) is 72.1 Å². The average molecular weight is 427 g/mol. The topological polar surface area (TPSA) is 36.9 Å².